The number of anilines is 1. The van der Waals surface area contributed by atoms with Crippen LogP contribution in [0.1, 0.15) is 11.8 Å². The van der Waals surface area contributed by atoms with E-state index in [1.54, 1.807) is 12.1 Å². The van der Waals surface area contributed by atoms with Crippen molar-refractivity contribution in [1.29, 1.82) is 0 Å². The highest BCUT2D eigenvalue weighted by Crippen LogP contribution is 2.32. The van der Waals surface area contributed by atoms with Crippen molar-refractivity contribution in [3.63, 3.8) is 0 Å². The summed E-state index contributed by atoms with van der Waals surface area (Å²) in [6.45, 7) is -0.457. The van der Waals surface area contributed by atoms with Gasteiger partial charge in [0.1, 0.15) is 36.4 Å². The van der Waals surface area contributed by atoms with Crippen LogP contribution >= 0.6 is 0 Å². The van der Waals surface area contributed by atoms with Gasteiger partial charge in [-0.3, -0.25) is 4.57 Å². The van der Waals surface area contributed by atoms with Crippen LogP contribution in [0.4, 0.5) is 5.82 Å². The minimum absolute atomic E-state index is 0.115. The fourth-order valence-electron chi connectivity index (χ4n) is 3.62. The molecule has 0 saturated carbocycles. The number of aromatic nitrogens is 4. The first-order valence-corrected chi connectivity index (χ1v) is 9.85. The summed E-state index contributed by atoms with van der Waals surface area (Å²) in [7, 11) is 1.28. The molecule has 4 rings (SSSR count). The Kier molecular flexibility index (Phi) is 6.19. The number of fused-ring (bicyclic) bond motifs is 1. The lowest BCUT2D eigenvalue weighted by atomic mass is 10.1. The quantitative estimate of drug-likeness (QED) is 0.292. The molecule has 5 atom stereocenters. The summed E-state index contributed by atoms with van der Waals surface area (Å²) in [6.07, 6.45) is -1.63. The van der Waals surface area contributed by atoms with E-state index in [2.05, 4.69) is 20.3 Å². The maximum absolute atomic E-state index is 12.4. The molecule has 32 heavy (non-hydrogen) atoms. The number of hydrogen-bond donors (Lipinski definition) is 5. The van der Waals surface area contributed by atoms with Gasteiger partial charge in [-0.1, -0.05) is 12.1 Å². The Hall–Kier alpha value is -3.32. The molecule has 2 aromatic heterocycles. The maximum atomic E-state index is 12.4. The number of carbonyl (C=O) groups excluding carboxylic acids is 1. The van der Waals surface area contributed by atoms with E-state index < -0.39 is 43.2 Å². The van der Waals surface area contributed by atoms with E-state index in [1.165, 1.54) is 36.5 Å². The third-order valence-corrected chi connectivity index (χ3v) is 5.32. The van der Waals surface area contributed by atoms with Crippen LogP contribution in [-0.4, -0.2) is 84.0 Å². The van der Waals surface area contributed by atoms with Crippen molar-refractivity contribution in [2.45, 2.75) is 37.0 Å². The molecule has 0 spiro atoms. The second-order valence-electron chi connectivity index (χ2n) is 7.37. The molecule has 0 radical (unpaired) electrons. The molecule has 12 heteroatoms. The van der Waals surface area contributed by atoms with Crippen LogP contribution in [0.5, 0.6) is 5.75 Å². The van der Waals surface area contributed by atoms with E-state index in [0.29, 0.717) is 11.2 Å². The number of nitrogens with zero attached hydrogens (tertiary/aromatic N) is 4. The first-order valence-electron chi connectivity index (χ1n) is 9.85. The van der Waals surface area contributed by atoms with E-state index in [1.807, 2.05) is 0 Å². The molecule has 3 heterocycles. The van der Waals surface area contributed by atoms with E-state index in [4.69, 9.17) is 9.47 Å². The minimum atomic E-state index is -1.30. The van der Waals surface area contributed by atoms with Gasteiger partial charge in [-0.2, -0.15) is 0 Å². The molecule has 1 fully saturated rings. The predicted octanol–water partition coefficient (Wildman–Crippen LogP) is -0.660. The van der Waals surface area contributed by atoms with Crippen molar-refractivity contribution in [2.75, 3.05) is 19.0 Å². The van der Waals surface area contributed by atoms with Crippen molar-refractivity contribution < 1.29 is 34.7 Å². The Bertz CT molecular complexity index is 1090. The highest BCUT2D eigenvalue weighted by atomic mass is 16.6. The molecule has 0 aliphatic carbocycles. The van der Waals surface area contributed by atoms with Gasteiger partial charge >= 0.3 is 5.97 Å². The molecule has 0 amide bonds. The Morgan fingerprint density at radius 1 is 1.22 bits per heavy atom. The molecule has 1 aromatic carbocycles. The summed E-state index contributed by atoms with van der Waals surface area (Å²) < 4.78 is 11.9. The molecule has 170 valence electrons. The molecule has 5 N–H and O–H groups in total. The van der Waals surface area contributed by atoms with Crippen molar-refractivity contribution in [1.82, 2.24) is 19.5 Å². The zero-order chi connectivity index (χ0) is 22.8. The van der Waals surface area contributed by atoms with Gasteiger partial charge in [0.2, 0.25) is 0 Å². The number of ether oxygens (including phenoxy) is 2. The highest BCUT2D eigenvalue weighted by molar-refractivity contribution is 5.86. The number of rotatable bonds is 7. The van der Waals surface area contributed by atoms with E-state index >= 15 is 0 Å². The molecule has 12 nitrogen and oxygen atoms in total. The Balaban J connectivity index is 1.62. The van der Waals surface area contributed by atoms with Crippen LogP contribution < -0.4 is 5.32 Å². The Labute approximate surface area is 182 Å². The molecule has 0 bridgehead atoms. The van der Waals surface area contributed by atoms with Crippen LogP contribution in [0.25, 0.3) is 11.2 Å². The fourth-order valence-corrected chi connectivity index (χ4v) is 3.62. The van der Waals surface area contributed by atoms with Crippen LogP contribution in [0, 0.1) is 0 Å². The van der Waals surface area contributed by atoms with Crippen LogP contribution in [0.3, 0.4) is 0 Å². The zero-order valence-electron chi connectivity index (χ0n) is 17.1. The smallest absolute Gasteiger partial charge is 0.328 e. The van der Waals surface area contributed by atoms with Crippen molar-refractivity contribution in [3.8, 4) is 5.75 Å². The molecule has 1 aliphatic rings. The summed E-state index contributed by atoms with van der Waals surface area (Å²) in [5, 5.41) is 42.2. The molecule has 0 unspecified atom stereocenters. The number of benzene rings is 1. The third-order valence-electron chi connectivity index (χ3n) is 5.32. The number of phenols is 1. The second kappa shape index (κ2) is 9.04. The number of methoxy groups -OCH3 is 1. The average Bonchev–Trinajstić information content (AvgIpc) is 3.35. The van der Waals surface area contributed by atoms with Gasteiger partial charge in [0.05, 0.1) is 20.0 Å². The molecule has 1 aliphatic heterocycles. The second-order valence-corrected chi connectivity index (χ2v) is 7.37. The number of carbonyl (C=O) groups is 1. The van der Waals surface area contributed by atoms with Crippen LogP contribution in [-0.2, 0) is 20.7 Å². The normalized spacial score (nSPS) is 23.9. The van der Waals surface area contributed by atoms with Gasteiger partial charge < -0.3 is 35.2 Å². The maximum Gasteiger partial charge on any atom is 0.328 e. The summed E-state index contributed by atoms with van der Waals surface area (Å²) in [6, 6.07) is 5.63. The van der Waals surface area contributed by atoms with Gasteiger partial charge in [-0.25, -0.2) is 19.7 Å². The fraction of sp³-hybridized carbons (Fsp3) is 0.400. The highest BCUT2D eigenvalue weighted by Gasteiger charge is 2.44. The minimum Gasteiger partial charge on any atom is -0.508 e. The first-order chi connectivity index (χ1) is 15.4. The lowest BCUT2D eigenvalue weighted by Gasteiger charge is -2.18. The first kappa shape index (κ1) is 21.9. The molecule has 1 saturated heterocycles. The van der Waals surface area contributed by atoms with Crippen molar-refractivity contribution in [3.05, 3.63) is 42.5 Å². The number of aromatic hydroxyl groups is 1. The SMILES string of the molecule is COC(=O)[C@@H](Cc1ccc(O)cc1)Nc1ncnc2c1ncn2[C@@H]1O[C@H](CO)[C@@H](O)[C@H]1O. The number of aliphatic hydroxyl groups excluding tert-OH is 3. The summed E-state index contributed by atoms with van der Waals surface area (Å²) >= 11 is 0. The molecular weight excluding hydrogens is 422 g/mol. The molecular formula is C20H23N5O7. The number of phenolic OH excluding ortho intramolecular Hbond substituents is 1. The van der Waals surface area contributed by atoms with Gasteiger partial charge in [-0.05, 0) is 17.7 Å². The van der Waals surface area contributed by atoms with E-state index in [0.717, 1.165) is 5.56 Å². The van der Waals surface area contributed by atoms with Crippen molar-refractivity contribution >= 4 is 23.0 Å². The summed E-state index contributed by atoms with van der Waals surface area (Å²) in [5.74, 6) is -0.147. The standard InChI is InChI=1S/C20H23N5O7/c1-31-20(30)12(6-10-2-4-11(27)5-3-10)24-17-14-18(22-8-21-17)25(9-23-14)19-16(29)15(28)13(7-26)32-19/h2-5,8-9,12-13,15-16,19,26-29H,6-7H2,1H3,(H,21,22,24)/t12-,13-,15-,16-,19-/m1/s1. The number of esters is 1. The summed E-state index contributed by atoms with van der Waals surface area (Å²) in [5.41, 5.74) is 1.39. The van der Waals surface area contributed by atoms with Gasteiger partial charge in [-0.15, -0.1) is 0 Å². The largest absolute Gasteiger partial charge is 0.508 e. The Morgan fingerprint density at radius 3 is 2.62 bits per heavy atom. The van der Waals surface area contributed by atoms with Gasteiger partial charge in [0.15, 0.2) is 23.2 Å². The number of nitrogens with one attached hydrogen (secondary N) is 1. The number of imidazole rings is 1. The number of hydrogen-bond acceptors (Lipinski definition) is 11. The van der Waals surface area contributed by atoms with E-state index in [9.17, 15) is 25.2 Å². The topological polar surface area (TPSA) is 172 Å². The van der Waals surface area contributed by atoms with E-state index in [-0.39, 0.29) is 18.0 Å². The predicted molar refractivity (Wildman–Crippen MR) is 110 cm³/mol. The number of aliphatic hydroxyl groups is 3. The average molecular weight is 445 g/mol. The van der Waals surface area contributed by atoms with Crippen molar-refractivity contribution in [2.24, 2.45) is 0 Å². The lowest BCUT2D eigenvalue weighted by Crippen LogP contribution is -2.33. The monoisotopic (exact) mass is 445 g/mol. The summed E-state index contributed by atoms with van der Waals surface area (Å²) in [4.78, 5) is 25.0. The Morgan fingerprint density at radius 2 is 1.97 bits per heavy atom. The lowest BCUT2D eigenvalue weighted by molar-refractivity contribution is -0.141. The zero-order valence-corrected chi connectivity index (χ0v) is 17.1. The van der Waals surface area contributed by atoms with Crippen LogP contribution in [0.15, 0.2) is 36.9 Å². The molecule has 3 aromatic rings. The third kappa shape index (κ3) is 4.08. The van der Waals surface area contributed by atoms with Gasteiger partial charge in [0, 0.05) is 6.42 Å². The van der Waals surface area contributed by atoms with Crippen LogP contribution in [0.2, 0.25) is 0 Å². The van der Waals surface area contributed by atoms with Gasteiger partial charge in [0.25, 0.3) is 0 Å².